The SMILES string of the molecule is CO[C@H](CN)Oc1ccccc1. The largest absolute Gasteiger partial charge is 0.464 e. The molecule has 3 nitrogen and oxygen atoms in total. The summed E-state index contributed by atoms with van der Waals surface area (Å²) in [5.74, 6) is 0.773. The summed E-state index contributed by atoms with van der Waals surface area (Å²) in [6.45, 7) is 0.353. The zero-order chi connectivity index (χ0) is 8.81. The van der Waals surface area contributed by atoms with E-state index in [1.54, 1.807) is 7.11 Å². The summed E-state index contributed by atoms with van der Waals surface area (Å²) in [6, 6.07) is 9.46. The van der Waals surface area contributed by atoms with Crippen LogP contribution in [0.25, 0.3) is 0 Å². The van der Waals surface area contributed by atoms with Crippen LogP contribution in [0.3, 0.4) is 0 Å². The number of para-hydroxylation sites is 1. The highest BCUT2D eigenvalue weighted by atomic mass is 16.7. The summed E-state index contributed by atoms with van der Waals surface area (Å²) in [6.07, 6.45) is -0.354. The van der Waals surface area contributed by atoms with Crippen molar-refractivity contribution in [3.05, 3.63) is 30.3 Å². The van der Waals surface area contributed by atoms with Crippen molar-refractivity contribution in [2.45, 2.75) is 6.29 Å². The molecule has 0 unspecified atom stereocenters. The van der Waals surface area contributed by atoms with Crippen LogP contribution in [0.5, 0.6) is 5.75 Å². The zero-order valence-electron chi connectivity index (χ0n) is 7.07. The van der Waals surface area contributed by atoms with Gasteiger partial charge in [-0.2, -0.15) is 0 Å². The van der Waals surface area contributed by atoms with Crippen LogP contribution in [-0.2, 0) is 4.74 Å². The van der Waals surface area contributed by atoms with Crippen LogP contribution in [0.4, 0.5) is 0 Å². The van der Waals surface area contributed by atoms with E-state index < -0.39 is 0 Å². The number of ether oxygens (including phenoxy) is 2. The molecule has 0 aliphatic carbocycles. The molecule has 0 aliphatic rings. The molecular weight excluding hydrogens is 154 g/mol. The Balaban J connectivity index is 2.51. The highest BCUT2D eigenvalue weighted by molar-refractivity contribution is 5.20. The molecule has 0 saturated carbocycles. The predicted molar refractivity (Wildman–Crippen MR) is 46.9 cm³/mol. The summed E-state index contributed by atoms with van der Waals surface area (Å²) in [4.78, 5) is 0. The van der Waals surface area contributed by atoms with Crippen LogP contribution in [0.2, 0.25) is 0 Å². The van der Waals surface area contributed by atoms with Crippen LogP contribution < -0.4 is 10.5 Å². The van der Waals surface area contributed by atoms with Gasteiger partial charge < -0.3 is 15.2 Å². The molecule has 0 saturated heterocycles. The Morgan fingerprint density at radius 2 is 2.00 bits per heavy atom. The molecule has 66 valence electrons. The Morgan fingerprint density at radius 1 is 1.33 bits per heavy atom. The first-order valence-electron chi connectivity index (χ1n) is 3.81. The van der Waals surface area contributed by atoms with E-state index in [2.05, 4.69) is 0 Å². The van der Waals surface area contributed by atoms with Crippen LogP contribution in [0.15, 0.2) is 30.3 Å². The highest BCUT2D eigenvalue weighted by Crippen LogP contribution is 2.10. The number of hydrogen-bond acceptors (Lipinski definition) is 3. The maximum atomic E-state index is 5.38. The lowest BCUT2D eigenvalue weighted by Crippen LogP contribution is -2.28. The molecule has 0 heterocycles. The molecule has 0 amide bonds. The van der Waals surface area contributed by atoms with Crippen LogP contribution in [-0.4, -0.2) is 19.9 Å². The fourth-order valence-electron chi connectivity index (χ4n) is 0.843. The Labute approximate surface area is 72.1 Å². The predicted octanol–water partition coefficient (Wildman–Crippen LogP) is 0.997. The molecule has 0 bridgehead atoms. The lowest BCUT2D eigenvalue weighted by molar-refractivity contribution is -0.0453. The number of methoxy groups -OCH3 is 1. The summed E-state index contributed by atoms with van der Waals surface area (Å²) < 4.78 is 10.3. The smallest absolute Gasteiger partial charge is 0.211 e. The Hall–Kier alpha value is -1.06. The summed E-state index contributed by atoms with van der Waals surface area (Å²) in [5.41, 5.74) is 5.38. The van der Waals surface area contributed by atoms with Gasteiger partial charge in [-0.25, -0.2) is 0 Å². The van der Waals surface area contributed by atoms with Crippen molar-refractivity contribution in [1.82, 2.24) is 0 Å². The van der Waals surface area contributed by atoms with E-state index >= 15 is 0 Å². The summed E-state index contributed by atoms with van der Waals surface area (Å²) >= 11 is 0. The number of benzene rings is 1. The first-order valence-corrected chi connectivity index (χ1v) is 3.81. The van der Waals surface area contributed by atoms with Gasteiger partial charge in [0, 0.05) is 7.11 Å². The first-order chi connectivity index (χ1) is 5.86. The maximum Gasteiger partial charge on any atom is 0.211 e. The van der Waals surface area contributed by atoms with Crippen LogP contribution >= 0.6 is 0 Å². The van der Waals surface area contributed by atoms with Crippen LogP contribution in [0.1, 0.15) is 0 Å². The van der Waals surface area contributed by atoms with Crippen molar-refractivity contribution in [3.8, 4) is 5.75 Å². The van der Waals surface area contributed by atoms with E-state index in [0.29, 0.717) is 6.54 Å². The van der Waals surface area contributed by atoms with E-state index in [1.807, 2.05) is 30.3 Å². The molecule has 0 spiro atoms. The molecular formula is C9H13NO2. The van der Waals surface area contributed by atoms with Gasteiger partial charge in [0.1, 0.15) is 5.75 Å². The van der Waals surface area contributed by atoms with E-state index in [9.17, 15) is 0 Å². The van der Waals surface area contributed by atoms with Gasteiger partial charge in [0.05, 0.1) is 6.54 Å². The number of hydrogen-bond donors (Lipinski definition) is 1. The lowest BCUT2D eigenvalue weighted by atomic mass is 10.3. The Bertz CT molecular complexity index is 209. The second-order valence-corrected chi connectivity index (χ2v) is 2.33. The van der Waals surface area contributed by atoms with Crippen molar-refractivity contribution in [3.63, 3.8) is 0 Å². The maximum absolute atomic E-state index is 5.38. The topological polar surface area (TPSA) is 44.5 Å². The van der Waals surface area contributed by atoms with Gasteiger partial charge in [0.25, 0.3) is 0 Å². The van der Waals surface area contributed by atoms with Crippen molar-refractivity contribution in [2.75, 3.05) is 13.7 Å². The monoisotopic (exact) mass is 167 g/mol. The molecule has 3 heteroatoms. The van der Waals surface area contributed by atoms with Gasteiger partial charge >= 0.3 is 0 Å². The van der Waals surface area contributed by atoms with Gasteiger partial charge in [0.2, 0.25) is 6.29 Å². The molecule has 0 aromatic heterocycles. The summed E-state index contributed by atoms with van der Waals surface area (Å²) in [5, 5.41) is 0. The van der Waals surface area contributed by atoms with Gasteiger partial charge in [-0.15, -0.1) is 0 Å². The van der Waals surface area contributed by atoms with Crippen molar-refractivity contribution in [1.29, 1.82) is 0 Å². The van der Waals surface area contributed by atoms with Gasteiger partial charge in [0.15, 0.2) is 0 Å². The van der Waals surface area contributed by atoms with Gasteiger partial charge in [-0.3, -0.25) is 0 Å². The minimum Gasteiger partial charge on any atom is -0.464 e. The third kappa shape index (κ3) is 2.53. The molecule has 1 rings (SSSR count). The normalized spacial score (nSPS) is 12.5. The highest BCUT2D eigenvalue weighted by Gasteiger charge is 2.04. The van der Waals surface area contributed by atoms with E-state index in [1.165, 1.54) is 0 Å². The third-order valence-corrected chi connectivity index (χ3v) is 1.47. The number of rotatable bonds is 4. The molecule has 1 aromatic rings. The van der Waals surface area contributed by atoms with Crippen molar-refractivity contribution >= 4 is 0 Å². The van der Waals surface area contributed by atoms with E-state index in [0.717, 1.165) is 5.75 Å². The molecule has 0 radical (unpaired) electrons. The average Bonchev–Trinajstić information content (AvgIpc) is 2.16. The van der Waals surface area contributed by atoms with Crippen LogP contribution in [0, 0.1) is 0 Å². The van der Waals surface area contributed by atoms with Crippen molar-refractivity contribution in [2.24, 2.45) is 5.73 Å². The van der Waals surface area contributed by atoms with Crippen molar-refractivity contribution < 1.29 is 9.47 Å². The quantitative estimate of drug-likeness (QED) is 0.680. The molecule has 12 heavy (non-hydrogen) atoms. The molecule has 2 N–H and O–H groups in total. The third-order valence-electron chi connectivity index (χ3n) is 1.47. The average molecular weight is 167 g/mol. The molecule has 1 atom stereocenters. The Morgan fingerprint density at radius 3 is 2.50 bits per heavy atom. The summed E-state index contributed by atoms with van der Waals surface area (Å²) in [7, 11) is 1.57. The minimum atomic E-state index is -0.354. The zero-order valence-corrected chi connectivity index (χ0v) is 7.07. The molecule has 0 fully saturated rings. The van der Waals surface area contributed by atoms with E-state index in [4.69, 9.17) is 15.2 Å². The fourth-order valence-corrected chi connectivity index (χ4v) is 0.843. The molecule has 1 aromatic carbocycles. The van der Waals surface area contributed by atoms with Gasteiger partial charge in [-0.1, -0.05) is 18.2 Å². The molecule has 0 aliphatic heterocycles. The van der Waals surface area contributed by atoms with E-state index in [-0.39, 0.29) is 6.29 Å². The number of nitrogens with two attached hydrogens (primary N) is 1. The second kappa shape index (κ2) is 4.74. The fraction of sp³-hybridized carbons (Fsp3) is 0.333. The Kier molecular flexibility index (Phi) is 3.57. The first kappa shape index (κ1) is 9.03. The second-order valence-electron chi connectivity index (χ2n) is 2.33. The van der Waals surface area contributed by atoms with Gasteiger partial charge in [-0.05, 0) is 12.1 Å². The minimum absolute atomic E-state index is 0.353. The standard InChI is InChI=1S/C9H13NO2/c1-11-9(7-10)12-8-5-3-2-4-6-8/h2-6,9H,7,10H2,1H3/t9-/m0/s1. The lowest BCUT2D eigenvalue weighted by Gasteiger charge is -2.14.